The molecule has 0 bridgehead atoms. The molecule has 3 rings (SSSR count). The van der Waals surface area contributed by atoms with Crippen LogP contribution in [-0.2, 0) is 22.4 Å². The molecule has 0 aliphatic rings. The molecule has 3 aromatic carbocycles. The van der Waals surface area contributed by atoms with Gasteiger partial charge in [0.2, 0.25) is 0 Å². The molecule has 0 saturated heterocycles. The second kappa shape index (κ2) is 7.88. The molecule has 164 valence electrons. The number of benzene rings is 3. The van der Waals surface area contributed by atoms with Crippen LogP contribution in [0.15, 0.2) is 71.6 Å². The Hall–Kier alpha value is -3.08. The second-order valence-corrected chi connectivity index (χ2v) is 8.02. The summed E-state index contributed by atoms with van der Waals surface area (Å²) in [6.45, 7) is 0. The van der Waals surface area contributed by atoms with Crippen molar-refractivity contribution in [3.63, 3.8) is 0 Å². The molecule has 0 spiro atoms. The van der Waals surface area contributed by atoms with Gasteiger partial charge in [0.15, 0.2) is 0 Å². The molecule has 1 N–H and O–H groups in total. The van der Waals surface area contributed by atoms with Crippen LogP contribution in [0.25, 0.3) is 11.1 Å². The third kappa shape index (κ3) is 4.82. The first-order valence-corrected chi connectivity index (χ1v) is 9.94. The first kappa shape index (κ1) is 22.6. The van der Waals surface area contributed by atoms with E-state index in [2.05, 4.69) is 4.72 Å². The largest absolute Gasteiger partial charge is 0.419 e. The van der Waals surface area contributed by atoms with Crippen LogP contribution in [0.5, 0.6) is 0 Å². The van der Waals surface area contributed by atoms with Crippen molar-refractivity contribution in [1.29, 1.82) is 0 Å². The maximum Gasteiger partial charge on any atom is 0.419 e. The SMILES string of the molecule is O=S(=O)(Nc1ccccc1)c1cccc(-c2ccc(F)c(C(F)(F)F)c2C(F)(F)F)c1. The van der Waals surface area contributed by atoms with Gasteiger partial charge in [0, 0.05) is 5.69 Å². The van der Waals surface area contributed by atoms with Gasteiger partial charge in [-0.25, -0.2) is 12.8 Å². The molecule has 31 heavy (non-hydrogen) atoms. The highest BCUT2D eigenvalue weighted by molar-refractivity contribution is 7.92. The van der Waals surface area contributed by atoms with E-state index in [1.54, 1.807) is 18.2 Å². The van der Waals surface area contributed by atoms with Crippen LogP contribution < -0.4 is 4.72 Å². The van der Waals surface area contributed by atoms with Gasteiger partial charge in [-0.1, -0.05) is 36.4 Å². The predicted molar refractivity (Wildman–Crippen MR) is 99.1 cm³/mol. The molecule has 0 amide bonds. The molecule has 0 heterocycles. The Labute approximate surface area is 172 Å². The van der Waals surface area contributed by atoms with Crippen molar-refractivity contribution >= 4 is 15.7 Å². The van der Waals surface area contributed by atoms with E-state index >= 15 is 0 Å². The molecule has 0 fully saturated rings. The summed E-state index contributed by atoms with van der Waals surface area (Å²) in [6.07, 6.45) is -11.2. The van der Waals surface area contributed by atoms with E-state index in [1.165, 1.54) is 12.1 Å². The van der Waals surface area contributed by atoms with Gasteiger partial charge in [-0.05, 0) is 41.5 Å². The summed E-state index contributed by atoms with van der Waals surface area (Å²) in [5.74, 6) is -2.09. The Kier molecular flexibility index (Phi) is 5.74. The van der Waals surface area contributed by atoms with E-state index < -0.39 is 55.3 Å². The highest BCUT2D eigenvalue weighted by atomic mass is 32.2. The van der Waals surface area contributed by atoms with E-state index in [1.807, 2.05) is 0 Å². The molecule has 0 aliphatic carbocycles. The lowest BCUT2D eigenvalue weighted by atomic mass is 9.94. The van der Waals surface area contributed by atoms with Crippen LogP contribution in [0.3, 0.4) is 0 Å². The van der Waals surface area contributed by atoms with Gasteiger partial charge >= 0.3 is 12.4 Å². The number of halogens is 7. The van der Waals surface area contributed by atoms with Gasteiger partial charge in [-0.2, -0.15) is 26.3 Å². The van der Waals surface area contributed by atoms with Crippen molar-refractivity contribution in [2.45, 2.75) is 17.2 Å². The van der Waals surface area contributed by atoms with Gasteiger partial charge < -0.3 is 0 Å². The van der Waals surface area contributed by atoms with Gasteiger partial charge in [-0.3, -0.25) is 4.72 Å². The van der Waals surface area contributed by atoms with Gasteiger partial charge in [-0.15, -0.1) is 0 Å². The Morgan fingerprint density at radius 1 is 0.710 bits per heavy atom. The topological polar surface area (TPSA) is 46.2 Å². The second-order valence-electron chi connectivity index (χ2n) is 6.34. The van der Waals surface area contributed by atoms with E-state index in [9.17, 15) is 39.2 Å². The summed E-state index contributed by atoms with van der Waals surface area (Å²) in [7, 11) is -4.27. The zero-order valence-electron chi connectivity index (χ0n) is 15.2. The lowest BCUT2D eigenvalue weighted by Crippen LogP contribution is -2.20. The van der Waals surface area contributed by atoms with Crippen molar-refractivity contribution < 1.29 is 39.2 Å². The van der Waals surface area contributed by atoms with E-state index in [-0.39, 0.29) is 11.8 Å². The summed E-state index contributed by atoms with van der Waals surface area (Å²) >= 11 is 0. The number of sulfonamides is 1. The third-order valence-electron chi connectivity index (χ3n) is 4.20. The first-order chi connectivity index (χ1) is 14.3. The minimum Gasteiger partial charge on any atom is -0.280 e. The molecule has 0 saturated carbocycles. The molecule has 0 atom stereocenters. The van der Waals surface area contributed by atoms with Crippen molar-refractivity contribution in [3.8, 4) is 11.1 Å². The molecule has 0 unspecified atom stereocenters. The lowest BCUT2D eigenvalue weighted by Gasteiger charge is -2.20. The Bertz CT molecular complexity index is 1200. The average Bonchev–Trinajstić information content (AvgIpc) is 2.66. The molecule has 11 heteroatoms. The average molecular weight is 463 g/mol. The van der Waals surface area contributed by atoms with Crippen molar-refractivity contribution in [1.82, 2.24) is 0 Å². The van der Waals surface area contributed by atoms with E-state index in [0.29, 0.717) is 6.07 Å². The number of anilines is 1. The summed E-state index contributed by atoms with van der Waals surface area (Å²) in [6, 6.07) is 12.3. The number of nitrogens with one attached hydrogen (secondary N) is 1. The maximum absolute atomic E-state index is 13.8. The van der Waals surface area contributed by atoms with Gasteiger partial charge in [0.1, 0.15) is 11.4 Å². The van der Waals surface area contributed by atoms with Crippen molar-refractivity contribution in [2.24, 2.45) is 0 Å². The smallest absolute Gasteiger partial charge is 0.280 e. The van der Waals surface area contributed by atoms with E-state index in [4.69, 9.17) is 0 Å². The zero-order chi connectivity index (χ0) is 23.0. The minimum absolute atomic E-state index is 0.171. The normalized spacial score (nSPS) is 12.6. The van der Waals surface area contributed by atoms with Crippen LogP contribution in [-0.4, -0.2) is 8.42 Å². The molecule has 0 radical (unpaired) electrons. The maximum atomic E-state index is 13.8. The fourth-order valence-corrected chi connectivity index (χ4v) is 4.04. The molecular formula is C20H12F7NO2S. The minimum atomic E-state index is -5.62. The fourth-order valence-electron chi connectivity index (χ4n) is 2.94. The number of hydrogen-bond acceptors (Lipinski definition) is 2. The predicted octanol–water partition coefficient (Wildman–Crippen LogP) is 6.33. The number of alkyl halides is 6. The molecule has 0 aliphatic heterocycles. The molecule has 3 nitrogen and oxygen atoms in total. The van der Waals surface area contributed by atoms with E-state index in [0.717, 1.165) is 24.3 Å². The monoisotopic (exact) mass is 463 g/mol. The number of para-hydroxylation sites is 1. The van der Waals surface area contributed by atoms with Crippen LogP contribution in [0.4, 0.5) is 36.4 Å². The zero-order valence-corrected chi connectivity index (χ0v) is 16.0. The summed E-state index contributed by atoms with van der Waals surface area (Å²) in [5.41, 5.74) is -6.00. The molecule has 3 aromatic rings. The lowest BCUT2D eigenvalue weighted by molar-refractivity contribution is -0.163. The van der Waals surface area contributed by atoms with Gasteiger partial charge in [0.25, 0.3) is 10.0 Å². The summed E-state index contributed by atoms with van der Waals surface area (Å²) < 4.78 is 121. The Balaban J connectivity index is 2.18. The van der Waals surface area contributed by atoms with Crippen molar-refractivity contribution in [3.05, 3.63) is 83.7 Å². The van der Waals surface area contributed by atoms with Crippen molar-refractivity contribution in [2.75, 3.05) is 4.72 Å². The van der Waals surface area contributed by atoms with Crippen LogP contribution >= 0.6 is 0 Å². The number of rotatable bonds is 4. The van der Waals surface area contributed by atoms with Crippen LogP contribution in [0.1, 0.15) is 11.1 Å². The quantitative estimate of drug-likeness (QED) is 0.460. The third-order valence-corrected chi connectivity index (χ3v) is 5.58. The fraction of sp³-hybridized carbons (Fsp3) is 0.100. The molecule has 0 aromatic heterocycles. The molecular weight excluding hydrogens is 451 g/mol. The first-order valence-electron chi connectivity index (χ1n) is 8.46. The number of hydrogen-bond donors (Lipinski definition) is 1. The summed E-state index contributed by atoms with van der Waals surface area (Å²) in [4.78, 5) is -0.486. The Morgan fingerprint density at radius 3 is 1.90 bits per heavy atom. The highest BCUT2D eigenvalue weighted by Gasteiger charge is 2.47. The van der Waals surface area contributed by atoms with Crippen LogP contribution in [0, 0.1) is 5.82 Å². The van der Waals surface area contributed by atoms with Gasteiger partial charge in [0.05, 0.1) is 10.5 Å². The standard InChI is InChI=1S/C20H12F7NO2S/c21-16-10-9-15(17(19(22,23)24)18(16)20(25,26)27)12-5-4-8-14(11-12)31(29,30)28-13-6-2-1-3-7-13/h1-11,28H. The highest BCUT2D eigenvalue weighted by Crippen LogP contribution is 2.46. The summed E-state index contributed by atoms with van der Waals surface area (Å²) in [5, 5.41) is 0. The van der Waals surface area contributed by atoms with Crippen LogP contribution in [0.2, 0.25) is 0 Å². The Morgan fingerprint density at radius 2 is 1.32 bits per heavy atom.